The smallest absolute Gasteiger partial charge is 0.221 e. The summed E-state index contributed by atoms with van der Waals surface area (Å²) in [6.45, 7) is 3.66. The highest BCUT2D eigenvalue weighted by molar-refractivity contribution is 5.92. The Morgan fingerprint density at radius 1 is 0.783 bits per heavy atom. The van der Waals surface area contributed by atoms with Crippen molar-refractivity contribution in [2.24, 2.45) is 0 Å². The second kappa shape index (κ2) is 6.49. The maximum absolute atomic E-state index is 11.5. The molecule has 23 heavy (non-hydrogen) atoms. The third-order valence-corrected chi connectivity index (χ3v) is 3.90. The second-order valence-electron chi connectivity index (χ2n) is 5.61. The van der Waals surface area contributed by atoms with Gasteiger partial charge in [-0.05, 0) is 46.9 Å². The Morgan fingerprint density at radius 2 is 1.22 bits per heavy atom. The van der Waals surface area contributed by atoms with Crippen LogP contribution in [0.3, 0.4) is 0 Å². The maximum Gasteiger partial charge on any atom is 0.221 e. The van der Waals surface area contributed by atoms with Gasteiger partial charge >= 0.3 is 0 Å². The molecule has 114 valence electrons. The first-order valence-electron chi connectivity index (χ1n) is 7.68. The summed E-state index contributed by atoms with van der Waals surface area (Å²) in [7, 11) is 0. The Hall–Kier alpha value is -2.87. The highest BCUT2D eigenvalue weighted by Gasteiger charge is 2.11. The molecule has 1 amide bonds. The van der Waals surface area contributed by atoms with Gasteiger partial charge in [0, 0.05) is 12.6 Å². The summed E-state index contributed by atoms with van der Waals surface area (Å²) in [5.74, 6) is -0.0631. The molecular formula is C21H19NO. The van der Waals surface area contributed by atoms with Crippen molar-refractivity contribution in [3.05, 3.63) is 78.4 Å². The number of nitrogens with one attached hydrogen (secondary N) is 1. The lowest BCUT2D eigenvalue weighted by Gasteiger charge is -2.15. The highest BCUT2D eigenvalue weighted by Crippen LogP contribution is 2.35. The van der Waals surface area contributed by atoms with E-state index in [2.05, 4.69) is 36.5 Å². The topological polar surface area (TPSA) is 29.1 Å². The molecule has 0 heterocycles. The zero-order valence-corrected chi connectivity index (χ0v) is 13.3. The van der Waals surface area contributed by atoms with E-state index in [1.165, 1.54) is 12.5 Å². The van der Waals surface area contributed by atoms with Crippen LogP contribution in [0.4, 0.5) is 5.69 Å². The molecule has 2 nitrogen and oxygen atoms in total. The van der Waals surface area contributed by atoms with E-state index < -0.39 is 0 Å². The first-order valence-corrected chi connectivity index (χ1v) is 7.68. The largest absolute Gasteiger partial charge is 0.326 e. The van der Waals surface area contributed by atoms with Gasteiger partial charge in [-0.2, -0.15) is 0 Å². The van der Waals surface area contributed by atoms with E-state index in [9.17, 15) is 4.79 Å². The SMILES string of the molecule is CC(=O)Nc1cc(-c2ccccc2)c(C)c(-c2ccccc2)c1. The molecule has 0 unspecified atom stereocenters. The summed E-state index contributed by atoms with van der Waals surface area (Å²) in [6.07, 6.45) is 0. The molecule has 0 saturated carbocycles. The van der Waals surface area contributed by atoms with Crippen LogP contribution < -0.4 is 5.32 Å². The van der Waals surface area contributed by atoms with Crippen molar-refractivity contribution < 1.29 is 4.79 Å². The molecule has 0 radical (unpaired) electrons. The fourth-order valence-corrected chi connectivity index (χ4v) is 2.82. The second-order valence-corrected chi connectivity index (χ2v) is 5.61. The minimum Gasteiger partial charge on any atom is -0.326 e. The molecule has 2 heteroatoms. The van der Waals surface area contributed by atoms with Crippen LogP contribution in [-0.4, -0.2) is 5.91 Å². The molecule has 0 aliphatic rings. The Bertz CT molecular complexity index is 762. The number of hydrogen-bond acceptors (Lipinski definition) is 1. The monoisotopic (exact) mass is 301 g/mol. The first kappa shape index (κ1) is 15.0. The number of anilines is 1. The van der Waals surface area contributed by atoms with Gasteiger partial charge in [0.2, 0.25) is 5.91 Å². The predicted octanol–water partition coefficient (Wildman–Crippen LogP) is 5.29. The molecule has 0 fully saturated rings. The van der Waals surface area contributed by atoms with E-state index in [4.69, 9.17) is 0 Å². The van der Waals surface area contributed by atoms with Gasteiger partial charge in [0.15, 0.2) is 0 Å². The Labute approximate surface area is 136 Å². The Kier molecular flexibility index (Phi) is 4.24. The van der Waals surface area contributed by atoms with Gasteiger partial charge in [-0.3, -0.25) is 4.79 Å². The molecule has 0 saturated heterocycles. The summed E-state index contributed by atoms with van der Waals surface area (Å²) >= 11 is 0. The number of benzene rings is 3. The van der Waals surface area contributed by atoms with Crippen LogP contribution in [-0.2, 0) is 4.79 Å². The molecule has 0 aromatic heterocycles. The van der Waals surface area contributed by atoms with Crippen LogP contribution in [0.1, 0.15) is 12.5 Å². The molecule has 0 spiro atoms. The summed E-state index contributed by atoms with van der Waals surface area (Å²) in [5.41, 5.74) is 6.59. The van der Waals surface area contributed by atoms with Crippen molar-refractivity contribution >= 4 is 11.6 Å². The van der Waals surface area contributed by atoms with Gasteiger partial charge in [-0.15, -0.1) is 0 Å². The van der Waals surface area contributed by atoms with Crippen LogP contribution in [0.15, 0.2) is 72.8 Å². The molecule has 0 bridgehead atoms. The third-order valence-electron chi connectivity index (χ3n) is 3.90. The van der Waals surface area contributed by atoms with E-state index in [-0.39, 0.29) is 5.91 Å². The Balaban J connectivity index is 2.21. The minimum absolute atomic E-state index is 0.0631. The fourth-order valence-electron chi connectivity index (χ4n) is 2.82. The minimum atomic E-state index is -0.0631. The standard InChI is InChI=1S/C21H19NO/c1-15-20(17-9-5-3-6-10-17)13-19(22-16(2)23)14-21(15)18-11-7-4-8-12-18/h3-14H,1-2H3,(H,22,23). The van der Waals surface area contributed by atoms with Gasteiger partial charge < -0.3 is 5.32 Å². The molecule has 0 aliphatic carbocycles. The van der Waals surface area contributed by atoms with Crippen molar-refractivity contribution in [1.82, 2.24) is 0 Å². The van der Waals surface area contributed by atoms with Gasteiger partial charge in [-0.25, -0.2) is 0 Å². The fraction of sp³-hybridized carbons (Fsp3) is 0.0952. The average Bonchev–Trinajstić information content (AvgIpc) is 2.57. The summed E-state index contributed by atoms with van der Waals surface area (Å²) < 4.78 is 0. The predicted molar refractivity (Wildman–Crippen MR) is 96.4 cm³/mol. The quantitative estimate of drug-likeness (QED) is 0.700. The number of carbonyl (C=O) groups is 1. The first-order chi connectivity index (χ1) is 11.1. The van der Waals surface area contributed by atoms with E-state index in [1.807, 2.05) is 48.5 Å². The summed E-state index contributed by atoms with van der Waals surface area (Å²) in [6, 6.07) is 24.6. The van der Waals surface area contributed by atoms with Gasteiger partial charge in [0.25, 0.3) is 0 Å². The van der Waals surface area contributed by atoms with E-state index in [1.54, 1.807) is 0 Å². The Morgan fingerprint density at radius 3 is 1.61 bits per heavy atom. The van der Waals surface area contributed by atoms with Crippen molar-refractivity contribution in [1.29, 1.82) is 0 Å². The lowest BCUT2D eigenvalue weighted by Crippen LogP contribution is -2.06. The summed E-state index contributed by atoms with van der Waals surface area (Å²) in [4.78, 5) is 11.5. The van der Waals surface area contributed by atoms with Crippen molar-refractivity contribution in [2.45, 2.75) is 13.8 Å². The average molecular weight is 301 g/mol. The maximum atomic E-state index is 11.5. The molecule has 1 N–H and O–H groups in total. The zero-order chi connectivity index (χ0) is 16.2. The number of amides is 1. The molecular weight excluding hydrogens is 282 g/mol. The highest BCUT2D eigenvalue weighted by atomic mass is 16.1. The molecule has 0 aliphatic heterocycles. The number of rotatable bonds is 3. The van der Waals surface area contributed by atoms with E-state index in [0.29, 0.717) is 0 Å². The molecule has 3 aromatic carbocycles. The normalized spacial score (nSPS) is 10.3. The summed E-state index contributed by atoms with van der Waals surface area (Å²) in [5, 5.41) is 2.91. The number of hydrogen-bond donors (Lipinski definition) is 1. The lowest BCUT2D eigenvalue weighted by molar-refractivity contribution is -0.114. The van der Waals surface area contributed by atoms with E-state index >= 15 is 0 Å². The van der Waals surface area contributed by atoms with E-state index in [0.717, 1.165) is 27.9 Å². The van der Waals surface area contributed by atoms with Crippen LogP contribution in [0.25, 0.3) is 22.3 Å². The molecule has 3 rings (SSSR count). The molecule has 3 aromatic rings. The zero-order valence-electron chi connectivity index (χ0n) is 13.3. The third kappa shape index (κ3) is 3.32. The molecule has 0 atom stereocenters. The van der Waals surface area contributed by atoms with Gasteiger partial charge in [0.1, 0.15) is 0 Å². The van der Waals surface area contributed by atoms with Crippen LogP contribution in [0.2, 0.25) is 0 Å². The number of carbonyl (C=O) groups excluding carboxylic acids is 1. The van der Waals surface area contributed by atoms with Crippen LogP contribution in [0.5, 0.6) is 0 Å². The van der Waals surface area contributed by atoms with Crippen LogP contribution in [0, 0.1) is 6.92 Å². The van der Waals surface area contributed by atoms with Crippen molar-refractivity contribution in [2.75, 3.05) is 5.32 Å². The van der Waals surface area contributed by atoms with Crippen molar-refractivity contribution in [3.8, 4) is 22.3 Å². The van der Waals surface area contributed by atoms with Gasteiger partial charge in [-0.1, -0.05) is 60.7 Å². The van der Waals surface area contributed by atoms with Crippen molar-refractivity contribution in [3.63, 3.8) is 0 Å². The van der Waals surface area contributed by atoms with Gasteiger partial charge in [0.05, 0.1) is 0 Å². The van der Waals surface area contributed by atoms with Crippen LogP contribution >= 0.6 is 0 Å². The lowest BCUT2D eigenvalue weighted by atomic mass is 9.92.